The molecule has 0 fully saturated rings. The molecule has 0 saturated carbocycles. The van der Waals surface area contributed by atoms with Gasteiger partial charge in [0.05, 0.1) is 9.52 Å². The standard InChI is InChI=1S/C26H26SSi/c1-15-13-22-20(19-9-6-5-7-10-19)11-8-12-21(22)26(15)28-24-14-23-25(17(24)3)16(2)18(4)27-23/h5-14,25-26H,28H2,1-4H3. The Morgan fingerprint density at radius 3 is 2.36 bits per heavy atom. The molecular formula is C26H26SSi. The molecule has 2 aliphatic carbocycles. The fraction of sp³-hybridized carbons (Fsp3) is 0.231. The average molecular weight is 399 g/mol. The number of thioether (sulfide) groups is 1. The summed E-state index contributed by atoms with van der Waals surface area (Å²) >= 11 is 2.00. The lowest BCUT2D eigenvalue weighted by Gasteiger charge is -2.17. The van der Waals surface area contributed by atoms with Gasteiger partial charge in [0.15, 0.2) is 0 Å². The van der Waals surface area contributed by atoms with Gasteiger partial charge in [-0.3, -0.25) is 0 Å². The van der Waals surface area contributed by atoms with Gasteiger partial charge in [0, 0.05) is 10.8 Å². The van der Waals surface area contributed by atoms with E-state index in [0.29, 0.717) is 11.5 Å². The van der Waals surface area contributed by atoms with Gasteiger partial charge >= 0.3 is 0 Å². The molecule has 2 heteroatoms. The molecule has 2 unspecified atom stereocenters. The van der Waals surface area contributed by atoms with Crippen molar-refractivity contribution < 1.29 is 0 Å². The van der Waals surface area contributed by atoms with Crippen molar-refractivity contribution >= 4 is 27.4 Å². The Morgan fingerprint density at radius 1 is 0.821 bits per heavy atom. The largest absolute Gasteiger partial charge is 0.0983 e. The van der Waals surface area contributed by atoms with Crippen LogP contribution in [0.1, 0.15) is 44.4 Å². The van der Waals surface area contributed by atoms with Crippen molar-refractivity contribution in [2.75, 3.05) is 0 Å². The second kappa shape index (κ2) is 6.79. The number of hydrogen-bond acceptors (Lipinski definition) is 1. The van der Waals surface area contributed by atoms with Gasteiger partial charge in [-0.05, 0) is 60.4 Å². The lowest BCUT2D eigenvalue weighted by atomic mass is 9.96. The van der Waals surface area contributed by atoms with E-state index in [9.17, 15) is 0 Å². The third-order valence-corrected chi connectivity index (χ3v) is 10.7. The third kappa shape index (κ3) is 2.74. The third-order valence-electron chi connectivity index (χ3n) is 6.75. The molecule has 0 saturated heterocycles. The van der Waals surface area contributed by atoms with E-state index in [2.05, 4.69) is 88.4 Å². The first-order valence-electron chi connectivity index (χ1n) is 10.2. The van der Waals surface area contributed by atoms with Gasteiger partial charge in [-0.1, -0.05) is 94.4 Å². The van der Waals surface area contributed by atoms with E-state index in [-0.39, 0.29) is 0 Å². The van der Waals surface area contributed by atoms with Gasteiger partial charge in [0.25, 0.3) is 0 Å². The van der Waals surface area contributed by atoms with E-state index >= 15 is 0 Å². The van der Waals surface area contributed by atoms with Crippen LogP contribution in [0.4, 0.5) is 0 Å². The van der Waals surface area contributed by atoms with Gasteiger partial charge in [0.2, 0.25) is 0 Å². The number of allylic oxidation sites excluding steroid dienone is 7. The van der Waals surface area contributed by atoms with E-state index in [1.807, 2.05) is 11.8 Å². The zero-order valence-electron chi connectivity index (χ0n) is 17.0. The quantitative estimate of drug-likeness (QED) is 0.512. The minimum absolute atomic E-state index is 0.415. The summed E-state index contributed by atoms with van der Waals surface area (Å²) in [6, 6.07) is 17.7. The fourth-order valence-corrected chi connectivity index (χ4v) is 8.83. The molecule has 0 nitrogen and oxygen atoms in total. The van der Waals surface area contributed by atoms with Crippen molar-refractivity contribution in [1.29, 1.82) is 0 Å². The maximum atomic E-state index is 2.54. The van der Waals surface area contributed by atoms with Crippen LogP contribution >= 0.6 is 11.8 Å². The molecule has 0 spiro atoms. The molecule has 0 N–H and O–H groups in total. The molecule has 1 aliphatic heterocycles. The summed E-state index contributed by atoms with van der Waals surface area (Å²) in [5, 5.41) is 1.69. The predicted molar refractivity (Wildman–Crippen MR) is 127 cm³/mol. The van der Waals surface area contributed by atoms with Crippen molar-refractivity contribution in [3.05, 3.63) is 97.5 Å². The Morgan fingerprint density at radius 2 is 1.61 bits per heavy atom. The molecule has 5 rings (SSSR count). The maximum Gasteiger partial charge on any atom is 0.0675 e. The molecule has 2 aromatic carbocycles. The van der Waals surface area contributed by atoms with E-state index in [1.165, 1.54) is 21.6 Å². The molecule has 2 atom stereocenters. The van der Waals surface area contributed by atoms with Crippen molar-refractivity contribution in [2.45, 2.75) is 33.2 Å². The van der Waals surface area contributed by atoms with Crippen LogP contribution in [-0.4, -0.2) is 9.52 Å². The monoisotopic (exact) mass is 398 g/mol. The highest BCUT2D eigenvalue weighted by molar-refractivity contribution is 8.07. The Kier molecular flexibility index (Phi) is 4.37. The van der Waals surface area contributed by atoms with Crippen LogP contribution in [0.15, 0.2) is 86.3 Å². The summed E-state index contributed by atoms with van der Waals surface area (Å²) in [4.78, 5) is 3.08. The molecule has 0 amide bonds. The molecule has 1 heterocycles. The second-order valence-electron chi connectivity index (χ2n) is 8.35. The van der Waals surface area contributed by atoms with Gasteiger partial charge in [-0.15, -0.1) is 0 Å². The van der Waals surface area contributed by atoms with Crippen LogP contribution in [0, 0.1) is 5.92 Å². The topological polar surface area (TPSA) is 0 Å². The van der Waals surface area contributed by atoms with E-state index in [1.54, 1.807) is 32.4 Å². The summed E-state index contributed by atoms with van der Waals surface area (Å²) in [5.41, 5.74) is 11.1. The number of fused-ring (bicyclic) bond motifs is 2. The summed E-state index contributed by atoms with van der Waals surface area (Å²) in [7, 11) is -0.415. The predicted octanol–water partition coefficient (Wildman–Crippen LogP) is 6.81. The second-order valence-corrected chi connectivity index (χ2v) is 11.6. The van der Waals surface area contributed by atoms with Gasteiger partial charge < -0.3 is 0 Å². The minimum Gasteiger partial charge on any atom is -0.0983 e. The van der Waals surface area contributed by atoms with Crippen LogP contribution in [0.5, 0.6) is 0 Å². The molecule has 28 heavy (non-hydrogen) atoms. The van der Waals surface area contributed by atoms with Crippen molar-refractivity contribution in [2.24, 2.45) is 5.92 Å². The molecular weight excluding hydrogens is 372 g/mol. The molecule has 140 valence electrons. The fourth-order valence-electron chi connectivity index (χ4n) is 5.06. The van der Waals surface area contributed by atoms with Crippen LogP contribution < -0.4 is 0 Å². The first kappa shape index (κ1) is 18.0. The van der Waals surface area contributed by atoms with E-state index in [4.69, 9.17) is 0 Å². The summed E-state index contributed by atoms with van der Waals surface area (Å²) in [5.74, 6) is 0.591. The zero-order chi connectivity index (χ0) is 19.4. The molecule has 2 aromatic rings. The van der Waals surface area contributed by atoms with Gasteiger partial charge in [0.1, 0.15) is 0 Å². The number of rotatable bonds is 3. The van der Waals surface area contributed by atoms with Crippen LogP contribution in [0.25, 0.3) is 17.2 Å². The normalized spacial score (nSPS) is 23.6. The lowest BCUT2D eigenvalue weighted by molar-refractivity contribution is 0.901. The Bertz CT molecular complexity index is 1100. The van der Waals surface area contributed by atoms with Crippen molar-refractivity contribution in [3.8, 4) is 11.1 Å². The number of benzene rings is 2. The lowest BCUT2D eigenvalue weighted by Crippen LogP contribution is -2.11. The van der Waals surface area contributed by atoms with E-state index < -0.39 is 9.52 Å². The number of hydrogen-bond donors (Lipinski definition) is 0. The van der Waals surface area contributed by atoms with Crippen molar-refractivity contribution in [1.82, 2.24) is 0 Å². The highest BCUT2D eigenvalue weighted by Gasteiger charge is 2.35. The highest BCUT2D eigenvalue weighted by Crippen LogP contribution is 2.53. The molecule has 0 radical (unpaired) electrons. The van der Waals surface area contributed by atoms with Gasteiger partial charge in [-0.25, -0.2) is 0 Å². The Balaban J connectivity index is 1.51. The molecule has 0 bridgehead atoms. The van der Waals surface area contributed by atoms with Crippen LogP contribution in [0.2, 0.25) is 0 Å². The smallest absolute Gasteiger partial charge is 0.0675 e. The SMILES string of the molecule is CC1=Cc2c(-c3ccccc3)cccc2C1[SiH2]C1=C(C)C2C(=C1)SC(C)=C2C. The van der Waals surface area contributed by atoms with E-state index in [0.717, 1.165) is 0 Å². The first-order chi connectivity index (χ1) is 13.5. The first-order valence-corrected chi connectivity index (χ1v) is 12.5. The van der Waals surface area contributed by atoms with Crippen LogP contribution in [0.3, 0.4) is 0 Å². The molecule has 3 aliphatic rings. The average Bonchev–Trinajstić information content (AvgIpc) is 3.28. The Labute approximate surface area is 175 Å². The van der Waals surface area contributed by atoms with Crippen molar-refractivity contribution in [3.63, 3.8) is 0 Å². The highest BCUT2D eigenvalue weighted by atomic mass is 32.2. The summed E-state index contributed by atoms with van der Waals surface area (Å²) in [6.07, 6.45) is 5.00. The van der Waals surface area contributed by atoms with Crippen LogP contribution in [-0.2, 0) is 0 Å². The van der Waals surface area contributed by atoms with Gasteiger partial charge in [-0.2, -0.15) is 0 Å². The minimum atomic E-state index is -0.415. The summed E-state index contributed by atoms with van der Waals surface area (Å²) in [6.45, 7) is 9.32. The molecule has 0 aromatic heterocycles. The Hall–Kier alpha value is -2.03. The maximum absolute atomic E-state index is 2.54. The summed E-state index contributed by atoms with van der Waals surface area (Å²) < 4.78 is 0. The zero-order valence-corrected chi connectivity index (χ0v) is 19.3.